The summed E-state index contributed by atoms with van der Waals surface area (Å²) >= 11 is 1.74. The van der Waals surface area contributed by atoms with Crippen LogP contribution in [0.25, 0.3) is 0 Å². The molecule has 1 aromatic carbocycles. The van der Waals surface area contributed by atoms with E-state index in [9.17, 15) is 0 Å². The van der Waals surface area contributed by atoms with E-state index in [0.717, 1.165) is 47.5 Å². The maximum atomic E-state index is 5.55. The van der Waals surface area contributed by atoms with E-state index in [0.29, 0.717) is 13.2 Å². The molecule has 0 spiro atoms. The molecular formula is C19H29IN4O2S. The average molecular weight is 504 g/mol. The minimum Gasteiger partial charge on any atom is -0.493 e. The number of methoxy groups -OCH3 is 1. The van der Waals surface area contributed by atoms with Crippen LogP contribution in [0.4, 0.5) is 0 Å². The highest BCUT2D eigenvalue weighted by atomic mass is 127. The van der Waals surface area contributed by atoms with Gasteiger partial charge in [-0.05, 0) is 38.5 Å². The van der Waals surface area contributed by atoms with Crippen LogP contribution in [0.2, 0.25) is 0 Å². The van der Waals surface area contributed by atoms with Crippen LogP contribution in [0, 0.1) is 6.92 Å². The number of aryl methyl sites for hydroxylation is 1. The first-order chi connectivity index (χ1) is 12.7. The fraction of sp³-hybridized carbons (Fsp3) is 0.474. The Morgan fingerprint density at radius 1 is 1.22 bits per heavy atom. The quantitative estimate of drug-likeness (QED) is 0.309. The molecule has 2 rings (SSSR count). The molecule has 2 aromatic rings. The molecule has 0 saturated carbocycles. The van der Waals surface area contributed by atoms with Gasteiger partial charge in [0.2, 0.25) is 0 Å². The van der Waals surface area contributed by atoms with Crippen molar-refractivity contribution in [1.29, 1.82) is 0 Å². The number of guanidine groups is 1. The topological polar surface area (TPSA) is 67.8 Å². The second-order valence-corrected chi connectivity index (χ2v) is 6.97. The molecule has 2 N–H and O–H groups in total. The van der Waals surface area contributed by atoms with E-state index in [4.69, 9.17) is 9.47 Å². The molecule has 0 atom stereocenters. The number of benzene rings is 1. The van der Waals surface area contributed by atoms with E-state index in [1.807, 2.05) is 31.3 Å². The molecule has 0 unspecified atom stereocenters. The molecule has 0 aliphatic carbocycles. The summed E-state index contributed by atoms with van der Waals surface area (Å²) in [6.45, 7) is 8.88. The van der Waals surface area contributed by atoms with Crippen LogP contribution >= 0.6 is 35.3 Å². The Hall–Kier alpha value is -1.55. The van der Waals surface area contributed by atoms with Crippen molar-refractivity contribution < 1.29 is 9.47 Å². The van der Waals surface area contributed by atoms with Gasteiger partial charge in [0.25, 0.3) is 0 Å². The fourth-order valence-electron chi connectivity index (χ4n) is 2.40. The van der Waals surface area contributed by atoms with Crippen LogP contribution < -0.4 is 20.1 Å². The molecule has 0 saturated heterocycles. The zero-order valence-corrected chi connectivity index (χ0v) is 19.5. The molecule has 1 heterocycles. The van der Waals surface area contributed by atoms with Crippen LogP contribution in [-0.2, 0) is 13.0 Å². The van der Waals surface area contributed by atoms with Crippen molar-refractivity contribution in [3.05, 3.63) is 39.8 Å². The predicted octanol–water partition coefficient (Wildman–Crippen LogP) is 3.77. The van der Waals surface area contributed by atoms with Gasteiger partial charge in [0, 0.05) is 30.6 Å². The van der Waals surface area contributed by atoms with Gasteiger partial charge in [-0.3, -0.25) is 0 Å². The Morgan fingerprint density at radius 3 is 2.67 bits per heavy atom. The third kappa shape index (κ3) is 7.92. The van der Waals surface area contributed by atoms with E-state index in [2.05, 4.69) is 34.5 Å². The second-order valence-electron chi connectivity index (χ2n) is 5.65. The first kappa shape index (κ1) is 23.5. The van der Waals surface area contributed by atoms with Crippen LogP contribution in [0.15, 0.2) is 29.4 Å². The third-order valence-electron chi connectivity index (χ3n) is 3.59. The van der Waals surface area contributed by atoms with E-state index in [1.54, 1.807) is 18.4 Å². The highest BCUT2D eigenvalue weighted by molar-refractivity contribution is 14.0. The predicted molar refractivity (Wildman–Crippen MR) is 123 cm³/mol. The number of hydrogen-bond acceptors (Lipinski definition) is 5. The maximum absolute atomic E-state index is 5.55. The molecule has 27 heavy (non-hydrogen) atoms. The Labute approximate surface area is 182 Å². The number of thiazole rings is 1. The largest absolute Gasteiger partial charge is 0.493 e. The average Bonchev–Trinajstić information content (AvgIpc) is 3.06. The van der Waals surface area contributed by atoms with Crippen LogP contribution in [-0.4, -0.2) is 37.7 Å². The Morgan fingerprint density at radius 2 is 2.04 bits per heavy atom. The molecule has 8 heteroatoms. The number of nitrogens with zero attached hydrogens (tertiary/aromatic N) is 2. The van der Waals surface area contributed by atoms with Gasteiger partial charge in [-0.1, -0.05) is 6.07 Å². The van der Waals surface area contributed by atoms with E-state index >= 15 is 0 Å². The number of aromatic nitrogens is 1. The van der Waals surface area contributed by atoms with Gasteiger partial charge >= 0.3 is 0 Å². The Kier molecular flexibility index (Phi) is 11.1. The normalized spacial score (nSPS) is 10.9. The summed E-state index contributed by atoms with van der Waals surface area (Å²) in [5.74, 6) is 2.29. The molecule has 0 fully saturated rings. The van der Waals surface area contributed by atoms with Crippen molar-refractivity contribution in [3.8, 4) is 11.5 Å². The van der Waals surface area contributed by atoms with Gasteiger partial charge < -0.3 is 20.1 Å². The van der Waals surface area contributed by atoms with Crippen molar-refractivity contribution in [2.45, 2.75) is 33.7 Å². The minimum absolute atomic E-state index is 0. The summed E-state index contributed by atoms with van der Waals surface area (Å²) in [6.07, 6.45) is 2.80. The monoisotopic (exact) mass is 504 g/mol. The van der Waals surface area contributed by atoms with Gasteiger partial charge in [-0.15, -0.1) is 35.3 Å². The molecule has 0 aliphatic rings. The van der Waals surface area contributed by atoms with Crippen LogP contribution in [0.1, 0.15) is 29.3 Å². The summed E-state index contributed by atoms with van der Waals surface area (Å²) in [4.78, 5) is 10.3. The van der Waals surface area contributed by atoms with Crippen molar-refractivity contribution in [2.24, 2.45) is 4.99 Å². The molecule has 0 aliphatic heterocycles. The standard InChI is InChI=1S/C19H28N4O2S.HI/c1-5-20-19(21-10-9-18-22-12-14(3)26-18)23-13-15-7-8-16(25-6-2)17(11-15)24-4;/h7-8,11-12H,5-6,9-10,13H2,1-4H3,(H2,20,21,23);1H. The molecule has 0 bridgehead atoms. The zero-order valence-electron chi connectivity index (χ0n) is 16.4. The van der Waals surface area contributed by atoms with E-state index in [-0.39, 0.29) is 24.0 Å². The lowest BCUT2D eigenvalue weighted by Gasteiger charge is -2.12. The van der Waals surface area contributed by atoms with Gasteiger partial charge in [0.1, 0.15) is 0 Å². The molecule has 1 aromatic heterocycles. The summed E-state index contributed by atoms with van der Waals surface area (Å²) in [7, 11) is 1.65. The highest BCUT2D eigenvalue weighted by Crippen LogP contribution is 2.28. The van der Waals surface area contributed by atoms with Crippen molar-refractivity contribution >= 4 is 41.3 Å². The lowest BCUT2D eigenvalue weighted by molar-refractivity contribution is 0.310. The van der Waals surface area contributed by atoms with Gasteiger partial charge in [0.15, 0.2) is 17.5 Å². The Balaban J connectivity index is 0.00000364. The van der Waals surface area contributed by atoms with Gasteiger partial charge in [-0.25, -0.2) is 9.98 Å². The zero-order chi connectivity index (χ0) is 18.8. The first-order valence-electron chi connectivity index (χ1n) is 8.89. The van der Waals surface area contributed by atoms with Crippen molar-refractivity contribution in [3.63, 3.8) is 0 Å². The number of ether oxygens (including phenoxy) is 2. The summed E-state index contributed by atoms with van der Waals surface area (Å²) < 4.78 is 11.0. The minimum atomic E-state index is 0. The first-order valence-corrected chi connectivity index (χ1v) is 9.71. The molecule has 150 valence electrons. The van der Waals surface area contributed by atoms with Gasteiger partial charge in [-0.2, -0.15) is 0 Å². The van der Waals surface area contributed by atoms with Crippen molar-refractivity contribution in [1.82, 2.24) is 15.6 Å². The van der Waals surface area contributed by atoms with Crippen LogP contribution in [0.3, 0.4) is 0 Å². The molecule has 0 amide bonds. The summed E-state index contributed by atoms with van der Waals surface area (Å²) in [5.41, 5.74) is 1.07. The molecule has 0 radical (unpaired) electrons. The molecule has 6 nitrogen and oxygen atoms in total. The van der Waals surface area contributed by atoms with Crippen molar-refractivity contribution in [2.75, 3.05) is 26.8 Å². The lowest BCUT2D eigenvalue weighted by Crippen LogP contribution is -2.38. The van der Waals surface area contributed by atoms with Gasteiger partial charge in [0.05, 0.1) is 25.3 Å². The number of rotatable bonds is 9. The second kappa shape index (κ2) is 12.8. The molecular weight excluding hydrogens is 475 g/mol. The lowest BCUT2D eigenvalue weighted by atomic mass is 10.2. The Bertz CT molecular complexity index is 721. The number of hydrogen-bond donors (Lipinski definition) is 2. The number of halogens is 1. The summed E-state index contributed by atoms with van der Waals surface area (Å²) in [6, 6.07) is 5.91. The number of nitrogens with one attached hydrogen (secondary N) is 2. The van der Waals surface area contributed by atoms with E-state index in [1.165, 1.54) is 4.88 Å². The highest BCUT2D eigenvalue weighted by Gasteiger charge is 2.06. The third-order valence-corrected chi connectivity index (χ3v) is 4.56. The summed E-state index contributed by atoms with van der Waals surface area (Å²) in [5, 5.41) is 7.77. The SMILES string of the molecule is CCNC(=NCc1ccc(OCC)c(OC)c1)NCCc1ncc(C)s1.I. The number of aliphatic imine (C=N–C) groups is 1. The fourth-order valence-corrected chi connectivity index (χ4v) is 3.19. The smallest absolute Gasteiger partial charge is 0.191 e. The maximum Gasteiger partial charge on any atom is 0.191 e. The van der Waals surface area contributed by atoms with Crippen LogP contribution in [0.5, 0.6) is 11.5 Å². The van der Waals surface area contributed by atoms with E-state index < -0.39 is 0 Å².